The Morgan fingerprint density at radius 2 is 2.13 bits per heavy atom. The molecule has 1 saturated heterocycles. The fourth-order valence-electron chi connectivity index (χ4n) is 3.99. The van der Waals surface area contributed by atoms with Crippen LogP contribution in [0.4, 0.5) is 0 Å². The van der Waals surface area contributed by atoms with E-state index in [4.69, 9.17) is 9.72 Å². The maximum absolute atomic E-state index is 12.8. The fourth-order valence-corrected chi connectivity index (χ4v) is 5.06. The predicted molar refractivity (Wildman–Crippen MR) is 115 cm³/mol. The highest BCUT2D eigenvalue weighted by atomic mass is 32.2. The highest BCUT2D eigenvalue weighted by molar-refractivity contribution is 7.90. The summed E-state index contributed by atoms with van der Waals surface area (Å²) in [5.74, 6) is -0.0179. The normalized spacial score (nSPS) is 19.9. The smallest absolute Gasteiger partial charge is 0.242 e. The summed E-state index contributed by atoms with van der Waals surface area (Å²) in [5.41, 5.74) is 2.31. The molecule has 3 N–H and O–H groups in total. The monoisotopic (exact) mass is 442 g/mol. The van der Waals surface area contributed by atoms with Crippen molar-refractivity contribution in [2.45, 2.75) is 19.1 Å². The second-order valence-electron chi connectivity index (χ2n) is 7.45. The second-order valence-corrected chi connectivity index (χ2v) is 9.42. The first-order valence-corrected chi connectivity index (χ1v) is 11.6. The van der Waals surface area contributed by atoms with Crippen molar-refractivity contribution in [1.29, 1.82) is 0 Å². The molecule has 1 aliphatic heterocycles. The van der Waals surface area contributed by atoms with Crippen LogP contribution < -0.4 is 5.32 Å². The van der Waals surface area contributed by atoms with Gasteiger partial charge >= 0.3 is 0 Å². The molecule has 4 aromatic rings. The van der Waals surface area contributed by atoms with E-state index in [2.05, 4.69) is 20.3 Å². The topological polar surface area (TPSA) is 135 Å². The molecule has 5 rings (SSSR count). The number of aliphatic hydroxyl groups excluding tert-OH is 1. The largest absolute Gasteiger partial charge is 0.395 e. The number of pyridine rings is 1. The Bertz CT molecular complexity index is 1360. The van der Waals surface area contributed by atoms with Gasteiger partial charge in [-0.2, -0.15) is 0 Å². The molecule has 0 aliphatic carbocycles. The Labute approximate surface area is 178 Å². The lowest BCUT2D eigenvalue weighted by Gasteiger charge is -2.30. The zero-order valence-electron chi connectivity index (χ0n) is 16.8. The van der Waals surface area contributed by atoms with Gasteiger partial charge in [-0.1, -0.05) is 0 Å². The molecule has 0 aromatic carbocycles. The Morgan fingerprint density at radius 1 is 1.26 bits per heavy atom. The maximum atomic E-state index is 12.8. The minimum Gasteiger partial charge on any atom is -0.395 e. The Morgan fingerprint density at radius 3 is 2.94 bits per heavy atom. The molecular weight excluding hydrogens is 420 g/mol. The van der Waals surface area contributed by atoms with Crippen LogP contribution in [0.1, 0.15) is 18.7 Å². The van der Waals surface area contributed by atoms with Crippen molar-refractivity contribution >= 4 is 32.1 Å². The first kappa shape index (κ1) is 20.1. The quantitative estimate of drug-likeness (QED) is 0.420. The molecule has 2 unspecified atom stereocenters. The van der Waals surface area contributed by atoms with Crippen LogP contribution in [0.2, 0.25) is 0 Å². The number of aliphatic hydroxyl groups is 1. The minimum absolute atomic E-state index is 0.0122. The van der Waals surface area contributed by atoms with Crippen LogP contribution >= 0.6 is 0 Å². The van der Waals surface area contributed by atoms with E-state index in [-0.39, 0.29) is 17.8 Å². The number of nitrogens with one attached hydrogen (secondary N) is 2. The number of morpholine rings is 1. The summed E-state index contributed by atoms with van der Waals surface area (Å²) in [6.07, 6.45) is 4.53. The predicted octanol–water partition coefficient (Wildman–Crippen LogP) is 1.19. The Hall–Kier alpha value is -2.86. The lowest BCUT2D eigenvalue weighted by atomic mass is 10.0. The number of ether oxygens (including phenoxy) is 1. The van der Waals surface area contributed by atoms with Gasteiger partial charge in [-0.05, 0) is 25.1 Å². The van der Waals surface area contributed by atoms with Crippen molar-refractivity contribution in [2.75, 3.05) is 25.5 Å². The molecule has 11 heteroatoms. The first-order chi connectivity index (χ1) is 15.0. The van der Waals surface area contributed by atoms with Gasteiger partial charge in [0.05, 0.1) is 24.7 Å². The summed E-state index contributed by atoms with van der Waals surface area (Å²) in [4.78, 5) is 16.9. The number of aromatic amines is 1. The van der Waals surface area contributed by atoms with Gasteiger partial charge in [-0.3, -0.25) is 0 Å². The number of nitrogens with zero attached hydrogens (tertiary/aromatic N) is 4. The Balaban J connectivity index is 1.79. The summed E-state index contributed by atoms with van der Waals surface area (Å²) in [5, 5.41) is 14.0. The van der Waals surface area contributed by atoms with Crippen LogP contribution in [0.15, 0.2) is 36.8 Å². The molecule has 0 saturated carbocycles. The van der Waals surface area contributed by atoms with Gasteiger partial charge in [-0.25, -0.2) is 27.3 Å². The summed E-state index contributed by atoms with van der Waals surface area (Å²) in [6.45, 7) is 2.79. The van der Waals surface area contributed by atoms with E-state index in [1.54, 1.807) is 24.5 Å². The van der Waals surface area contributed by atoms with Gasteiger partial charge in [0.1, 0.15) is 11.8 Å². The molecule has 4 aromatic heterocycles. The summed E-state index contributed by atoms with van der Waals surface area (Å²) >= 11 is 0. The molecular formula is C20H22N6O4S. The van der Waals surface area contributed by atoms with E-state index < -0.39 is 22.4 Å². The average Bonchev–Trinajstić information content (AvgIpc) is 3.40. The second kappa shape index (κ2) is 7.68. The molecule has 162 valence electrons. The Kier molecular flexibility index (Phi) is 4.97. The third-order valence-corrected chi connectivity index (χ3v) is 7.07. The number of aromatic nitrogens is 5. The van der Waals surface area contributed by atoms with Crippen molar-refractivity contribution in [3.63, 3.8) is 0 Å². The van der Waals surface area contributed by atoms with E-state index >= 15 is 0 Å². The van der Waals surface area contributed by atoms with Crippen LogP contribution in [0.5, 0.6) is 0 Å². The third-order valence-electron chi connectivity index (χ3n) is 5.48. The fraction of sp³-hybridized carbons (Fsp3) is 0.350. The lowest BCUT2D eigenvalue weighted by molar-refractivity contribution is -0.00182. The minimum atomic E-state index is -3.78. The van der Waals surface area contributed by atoms with E-state index in [9.17, 15) is 13.5 Å². The molecule has 0 amide bonds. The number of hydrogen-bond donors (Lipinski definition) is 3. The molecule has 10 nitrogen and oxygen atoms in total. The van der Waals surface area contributed by atoms with Crippen LogP contribution in [0, 0.1) is 0 Å². The first-order valence-electron chi connectivity index (χ1n) is 10.00. The van der Waals surface area contributed by atoms with Gasteiger partial charge in [0.2, 0.25) is 10.0 Å². The molecule has 0 radical (unpaired) electrons. The standard InChI is InChI=1S/C20H22N6O4S/c1-12-17(30-10-7-21-12)16-15-4-8-26(31(28,29)11-9-27)20(15)25-19(24-16)14-3-6-23-18-13(14)2-5-22-18/h2-6,8,12,17,21,27H,7,9-11H2,1H3,(H,22,23). The van der Waals surface area contributed by atoms with Crippen molar-refractivity contribution in [2.24, 2.45) is 0 Å². The number of fused-ring (bicyclic) bond motifs is 2. The number of H-pyrrole nitrogens is 1. The van der Waals surface area contributed by atoms with Crippen LogP contribution in [-0.2, 0) is 14.8 Å². The number of rotatable bonds is 5. The van der Waals surface area contributed by atoms with Gasteiger partial charge in [-0.15, -0.1) is 0 Å². The van der Waals surface area contributed by atoms with Crippen LogP contribution in [0.25, 0.3) is 33.5 Å². The van der Waals surface area contributed by atoms with Crippen molar-refractivity contribution in [1.82, 2.24) is 29.2 Å². The molecule has 2 atom stereocenters. The molecule has 0 bridgehead atoms. The van der Waals surface area contributed by atoms with Crippen molar-refractivity contribution in [3.05, 3.63) is 42.5 Å². The average molecular weight is 443 g/mol. The van der Waals surface area contributed by atoms with E-state index in [0.29, 0.717) is 29.2 Å². The van der Waals surface area contributed by atoms with Crippen LogP contribution in [0.3, 0.4) is 0 Å². The van der Waals surface area contributed by atoms with Crippen molar-refractivity contribution < 1.29 is 18.3 Å². The molecule has 5 heterocycles. The zero-order valence-corrected chi connectivity index (χ0v) is 17.6. The highest BCUT2D eigenvalue weighted by Gasteiger charge is 2.30. The maximum Gasteiger partial charge on any atom is 0.242 e. The van der Waals surface area contributed by atoms with Gasteiger partial charge in [0, 0.05) is 47.5 Å². The summed E-state index contributed by atoms with van der Waals surface area (Å²) in [6, 6.07) is 5.36. The highest BCUT2D eigenvalue weighted by Crippen LogP contribution is 2.33. The zero-order chi connectivity index (χ0) is 21.6. The third kappa shape index (κ3) is 3.39. The van der Waals surface area contributed by atoms with Gasteiger partial charge in [0.25, 0.3) is 0 Å². The SMILES string of the molecule is CC1NCCOC1c1nc(-c2ccnc3[nH]ccc23)nc2c1ccn2S(=O)(=O)CCO. The van der Waals surface area contributed by atoms with Gasteiger partial charge in [0.15, 0.2) is 11.5 Å². The molecule has 1 aliphatic rings. The summed E-state index contributed by atoms with van der Waals surface area (Å²) in [7, 11) is -3.78. The number of hydrogen-bond acceptors (Lipinski definition) is 8. The van der Waals surface area contributed by atoms with E-state index in [1.165, 1.54) is 6.20 Å². The molecule has 1 fully saturated rings. The molecule has 0 spiro atoms. The lowest BCUT2D eigenvalue weighted by Crippen LogP contribution is -2.41. The van der Waals surface area contributed by atoms with E-state index in [1.807, 2.05) is 13.0 Å². The van der Waals surface area contributed by atoms with Crippen LogP contribution in [-0.4, -0.2) is 69.0 Å². The summed E-state index contributed by atoms with van der Waals surface area (Å²) < 4.78 is 32.7. The molecule has 31 heavy (non-hydrogen) atoms. The van der Waals surface area contributed by atoms with E-state index in [0.717, 1.165) is 21.5 Å². The van der Waals surface area contributed by atoms with Crippen molar-refractivity contribution in [3.8, 4) is 11.4 Å². The van der Waals surface area contributed by atoms with Gasteiger partial charge < -0.3 is 20.1 Å².